The summed E-state index contributed by atoms with van der Waals surface area (Å²) < 4.78 is 6.82. The van der Waals surface area contributed by atoms with Crippen LogP contribution in [0.25, 0.3) is 0 Å². The van der Waals surface area contributed by atoms with Crippen LogP contribution in [0.4, 0.5) is 0 Å². The van der Waals surface area contributed by atoms with Gasteiger partial charge in [-0.3, -0.25) is 14.4 Å². The van der Waals surface area contributed by atoms with Crippen LogP contribution in [0.3, 0.4) is 0 Å². The summed E-state index contributed by atoms with van der Waals surface area (Å²) in [5.74, 6) is -0.504. The summed E-state index contributed by atoms with van der Waals surface area (Å²) in [6, 6.07) is 17.7. The van der Waals surface area contributed by atoms with Crippen molar-refractivity contribution in [3.63, 3.8) is 0 Å². The van der Waals surface area contributed by atoms with Gasteiger partial charge < -0.3 is 15.2 Å². The fourth-order valence-corrected chi connectivity index (χ4v) is 2.70. The molecule has 0 fully saturated rings. The van der Waals surface area contributed by atoms with E-state index in [1.54, 1.807) is 36.4 Å². The molecule has 1 amide bonds. The molecule has 3 rings (SSSR count). The summed E-state index contributed by atoms with van der Waals surface area (Å²) in [5.41, 5.74) is 0.229. The number of para-hydroxylation sites is 1. The zero-order chi connectivity index (χ0) is 20.8. The lowest BCUT2D eigenvalue weighted by atomic mass is 10.0. The zero-order valence-electron chi connectivity index (χ0n) is 15.6. The monoisotopic (exact) mass is 393 g/mol. The van der Waals surface area contributed by atoms with Crippen LogP contribution in [-0.4, -0.2) is 26.8 Å². The van der Waals surface area contributed by atoms with E-state index in [4.69, 9.17) is 4.74 Å². The minimum Gasteiger partial charge on any atom is -0.481 e. The van der Waals surface area contributed by atoms with Crippen LogP contribution in [-0.2, 0) is 11.8 Å². The molecular weight excluding hydrogens is 374 g/mol. The molecule has 8 nitrogen and oxygen atoms in total. The minimum absolute atomic E-state index is 0.0131. The fraction of sp³-hybridized carbons (Fsp3) is 0.143. The van der Waals surface area contributed by atoms with Gasteiger partial charge in [-0.2, -0.15) is 5.10 Å². The maximum Gasteiger partial charge on any atom is 0.305 e. The fourth-order valence-electron chi connectivity index (χ4n) is 2.70. The standard InChI is InChI=1S/C21H19N3O5/c1-24-19(25)11-10-17(23-24)21(28)22-18(13-20(26)27)14-6-5-9-16(12-14)29-15-7-3-2-4-8-15/h2-12,18H,13H2,1H3,(H,22,28)(H,26,27)/t18-/m1/s1. The van der Waals surface area contributed by atoms with E-state index in [1.165, 1.54) is 19.2 Å². The van der Waals surface area contributed by atoms with Crippen molar-refractivity contribution in [3.8, 4) is 11.5 Å². The van der Waals surface area contributed by atoms with Gasteiger partial charge in [0.2, 0.25) is 0 Å². The number of aromatic nitrogens is 2. The van der Waals surface area contributed by atoms with Crippen LogP contribution in [0.15, 0.2) is 71.5 Å². The van der Waals surface area contributed by atoms with Crippen molar-refractivity contribution in [3.05, 3.63) is 88.3 Å². The molecule has 148 valence electrons. The molecule has 0 saturated carbocycles. The van der Waals surface area contributed by atoms with Gasteiger partial charge in [-0.25, -0.2) is 4.68 Å². The third-order valence-electron chi connectivity index (χ3n) is 4.12. The van der Waals surface area contributed by atoms with E-state index < -0.39 is 17.9 Å². The molecule has 3 aromatic rings. The van der Waals surface area contributed by atoms with Gasteiger partial charge in [-0.1, -0.05) is 30.3 Å². The smallest absolute Gasteiger partial charge is 0.305 e. The summed E-state index contributed by atoms with van der Waals surface area (Å²) >= 11 is 0. The van der Waals surface area contributed by atoms with E-state index in [2.05, 4.69) is 10.4 Å². The molecule has 0 aliphatic carbocycles. The van der Waals surface area contributed by atoms with Crippen LogP contribution < -0.4 is 15.6 Å². The van der Waals surface area contributed by atoms with Crippen molar-refractivity contribution < 1.29 is 19.4 Å². The number of amides is 1. The Morgan fingerprint density at radius 2 is 1.79 bits per heavy atom. The Balaban J connectivity index is 1.83. The second kappa shape index (κ2) is 8.83. The number of ether oxygens (including phenoxy) is 1. The molecule has 0 bridgehead atoms. The van der Waals surface area contributed by atoms with Crippen molar-refractivity contribution >= 4 is 11.9 Å². The average Bonchev–Trinajstić information content (AvgIpc) is 2.70. The highest BCUT2D eigenvalue weighted by atomic mass is 16.5. The minimum atomic E-state index is -1.07. The number of aryl methyl sites for hydroxylation is 1. The Morgan fingerprint density at radius 1 is 1.07 bits per heavy atom. The Hall–Kier alpha value is -3.94. The molecule has 1 atom stereocenters. The number of hydrogen-bond acceptors (Lipinski definition) is 5. The Morgan fingerprint density at radius 3 is 2.48 bits per heavy atom. The second-order valence-electron chi connectivity index (χ2n) is 6.29. The van der Waals surface area contributed by atoms with E-state index in [-0.39, 0.29) is 17.7 Å². The number of carboxylic acid groups (broad SMARTS) is 1. The lowest BCUT2D eigenvalue weighted by Crippen LogP contribution is -2.32. The zero-order valence-corrected chi connectivity index (χ0v) is 15.6. The molecule has 0 radical (unpaired) electrons. The van der Waals surface area contributed by atoms with E-state index >= 15 is 0 Å². The predicted octanol–water partition coefficient (Wildman–Crippen LogP) is 2.52. The van der Waals surface area contributed by atoms with Crippen LogP contribution >= 0.6 is 0 Å². The maximum absolute atomic E-state index is 12.5. The topological polar surface area (TPSA) is 111 Å². The number of nitrogens with zero attached hydrogens (tertiary/aromatic N) is 2. The first-order valence-electron chi connectivity index (χ1n) is 8.82. The van der Waals surface area contributed by atoms with E-state index in [0.717, 1.165) is 4.68 Å². The molecule has 1 aromatic heterocycles. The van der Waals surface area contributed by atoms with Crippen molar-refractivity contribution in [2.45, 2.75) is 12.5 Å². The molecule has 29 heavy (non-hydrogen) atoms. The predicted molar refractivity (Wildman–Crippen MR) is 105 cm³/mol. The van der Waals surface area contributed by atoms with E-state index in [0.29, 0.717) is 17.1 Å². The largest absolute Gasteiger partial charge is 0.481 e. The average molecular weight is 393 g/mol. The molecular formula is C21H19N3O5. The summed E-state index contributed by atoms with van der Waals surface area (Å²) in [6.45, 7) is 0. The lowest BCUT2D eigenvalue weighted by molar-refractivity contribution is -0.137. The Labute approximate surface area is 166 Å². The molecule has 2 aromatic carbocycles. The molecule has 0 aliphatic rings. The van der Waals surface area contributed by atoms with Gasteiger partial charge in [-0.15, -0.1) is 0 Å². The van der Waals surface area contributed by atoms with Crippen molar-refractivity contribution in [1.82, 2.24) is 15.1 Å². The van der Waals surface area contributed by atoms with Gasteiger partial charge in [0.15, 0.2) is 0 Å². The summed E-state index contributed by atoms with van der Waals surface area (Å²) in [7, 11) is 1.43. The molecule has 0 saturated heterocycles. The molecule has 0 unspecified atom stereocenters. The number of rotatable bonds is 7. The van der Waals surface area contributed by atoms with Crippen molar-refractivity contribution in [1.29, 1.82) is 0 Å². The van der Waals surface area contributed by atoms with Gasteiger partial charge in [0.25, 0.3) is 11.5 Å². The number of aliphatic carboxylic acids is 1. The normalized spacial score (nSPS) is 11.5. The van der Waals surface area contributed by atoms with Crippen LogP contribution in [0.2, 0.25) is 0 Å². The molecule has 2 N–H and O–H groups in total. The SMILES string of the molecule is Cn1nc(C(=O)N[C@H](CC(=O)O)c2cccc(Oc3ccccc3)c2)ccc1=O. The van der Waals surface area contributed by atoms with Gasteiger partial charge in [0.05, 0.1) is 12.5 Å². The number of carboxylic acids is 1. The van der Waals surface area contributed by atoms with Gasteiger partial charge in [0.1, 0.15) is 17.2 Å². The van der Waals surface area contributed by atoms with E-state index in [9.17, 15) is 19.5 Å². The molecule has 0 aliphatic heterocycles. The molecule has 0 spiro atoms. The van der Waals surface area contributed by atoms with Gasteiger partial charge >= 0.3 is 5.97 Å². The van der Waals surface area contributed by atoms with Crippen molar-refractivity contribution in [2.75, 3.05) is 0 Å². The Bertz CT molecular complexity index is 1080. The number of carbonyl (C=O) groups excluding carboxylic acids is 1. The Kier molecular flexibility index (Phi) is 6.03. The van der Waals surface area contributed by atoms with Crippen LogP contribution in [0, 0.1) is 0 Å². The molecule has 8 heteroatoms. The summed E-state index contributed by atoms with van der Waals surface area (Å²) in [5, 5.41) is 15.8. The highest BCUT2D eigenvalue weighted by molar-refractivity contribution is 5.92. The van der Waals surface area contributed by atoms with Crippen LogP contribution in [0.5, 0.6) is 11.5 Å². The first-order chi connectivity index (χ1) is 13.9. The number of benzene rings is 2. The second-order valence-corrected chi connectivity index (χ2v) is 6.29. The lowest BCUT2D eigenvalue weighted by Gasteiger charge is -2.18. The number of nitrogens with one attached hydrogen (secondary N) is 1. The maximum atomic E-state index is 12.5. The molecule has 1 heterocycles. The van der Waals surface area contributed by atoms with E-state index in [1.807, 2.05) is 18.2 Å². The van der Waals surface area contributed by atoms with Crippen LogP contribution in [0.1, 0.15) is 28.5 Å². The quantitative estimate of drug-likeness (QED) is 0.638. The highest BCUT2D eigenvalue weighted by Gasteiger charge is 2.20. The third kappa shape index (κ3) is 5.29. The number of hydrogen-bond donors (Lipinski definition) is 2. The number of carbonyl (C=O) groups is 2. The van der Waals surface area contributed by atoms with Crippen molar-refractivity contribution in [2.24, 2.45) is 7.05 Å². The van der Waals surface area contributed by atoms with Gasteiger partial charge in [-0.05, 0) is 35.9 Å². The first-order valence-corrected chi connectivity index (χ1v) is 8.82. The highest BCUT2D eigenvalue weighted by Crippen LogP contribution is 2.26. The van der Waals surface area contributed by atoms with Gasteiger partial charge in [0, 0.05) is 13.1 Å². The first kappa shape index (κ1) is 19.8. The summed E-state index contributed by atoms with van der Waals surface area (Å²) in [4.78, 5) is 35.3. The summed E-state index contributed by atoms with van der Waals surface area (Å²) in [6.07, 6.45) is -0.327. The third-order valence-corrected chi connectivity index (χ3v) is 4.12.